The summed E-state index contributed by atoms with van der Waals surface area (Å²) in [5, 5.41) is 2.25. The zero-order valence-electron chi connectivity index (χ0n) is 20.5. The second kappa shape index (κ2) is 11.3. The summed E-state index contributed by atoms with van der Waals surface area (Å²) in [5.41, 5.74) is 3.92. The highest BCUT2D eigenvalue weighted by Crippen LogP contribution is 2.35. The van der Waals surface area contributed by atoms with Crippen LogP contribution >= 0.6 is 11.8 Å². The number of anilines is 1. The molecule has 0 atom stereocenters. The van der Waals surface area contributed by atoms with Crippen LogP contribution in [-0.2, 0) is 16.2 Å². The molecule has 7 nitrogen and oxygen atoms in total. The number of nitrogens with one attached hydrogen (secondary N) is 1. The summed E-state index contributed by atoms with van der Waals surface area (Å²) < 4.78 is 24.3. The minimum Gasteiger partial charge on any atom is -0.493 e. The Balaban J connectivity index is 1.43. The second-order valence-corrected chi connectivity index (χ2v) is 9.45. The fourth-order valence-electron chi connectivity index (χ4n) is 3.63. The molecular formula is C28H25FN2O5S. The number of amides is 3. The fourth-order valence-corrected chi connectivity index (χ4v) is 4.46. The van der Waals surface area contributed by atoms with Crippen LogP contribution in [0.2, 0.25) is 0 Å². The van der Waals surface area contributed by atoms with Gasteiger partial charge in [0.2, 0.25) is 5.91 Å². The van der Waals surface area contributed by atoms with E-state index in [1.807, 2.05) is 32.0 Å². The molecule has 1 N–H and O–H groups in total. The number of ether oxygens (including phenoxy) is 2. The molecule has 1 heterocycles. The topological polar surface area (TPSA) is 84.9 Å². The van der Waals surface area contributed by atoms with Crippen molar-refractivity contribution in [3.8, 4) is 11.5 Å². The van der Waals surface area contributed by atoms with Crippen LogP contribution in [-0.4, -0.2) is 35.6 Å². The molecule has 1 saturated heterocycles. The van der Waals surface area contributed by atoms with Crippen LogP contribution in [0.4, 0.5) is 14.9 Å². The molecule has 9 heteroatoms. The molecule has 4 rings (SSSR count). The zero-order valence-corrected chi connectivity index (χ0v) is 21.4. The highest BCUT2D eigenvalue weighted by Gasteiger charge is 2.36. The van der Waals surface area contributed by atoms with Gasteiger partial charge in [0.05, 0.1) is 12.0 Å². The second-order valence-electron chi connectivity index (χ2n) is 8.46. The van der Waals surface area contributed by atoms with Gasteiger partial charge < -0.3 is 14.8 Å². The quantitative estimate of drug-likeness (QED) is 0.383. The molecule has 0 aliphatic carbocycles. The number of hydrogen-bond donors (Lipinski definition) is 1. The summed E-state index contributed by atoms with van der Waals surface area (Å²) >= 11 is 0.773. The van der Waals surface area contributed by atoms with Gasteiger partial charge in [0.1, 0.15) is 19.0 Å². The highest BCUT2D eigenvalue weighted by molar-refractivity contribution is 8.18. The first-order valence-electron chi connectivity index (χ1n) is 11.4. The van der Waals surface area contributed by atoms with Crippen LogP contribution in [0.25, 0.3) is 6.08 Å². The Hall–Kier alpha value is -4.11. The van der Waals surface area contributed by atoms with Gasteiger partial charge in [-0.2, -0.15) is 0 Å². The van der Waals surface area contributed by atoms with E-state index < -0.39 is 17.1 Å². The summed E-state index contributed by atoms with van der Waals surface area (Å²) in [6.07, 6.45) is 1.57. The summed E-state index contributed by atoms with van der Waals surface area (Å²) in [7, 11) is 1.49. The van der Waals surface area contributed by atoms with E-state index >= 15 is 0 Å². The average Bonchev–Trinajstić information content (AvgIpc) is 3.13. The molecule has 0 saturated carbocycles. The van der Waals surface area contributed by atoms with E-state index in [0.29, 0.717) is 22.7 Å². The van der Waals surface area contributed by atoms with Gasteiger partial charge in [-0.15, -0.1) is 0 Å². The van der Waals surface area contributed by atoms with Crippen LogP contribution < -0.4 is 14.8 Å². The molecule has 0 bridgehead atoms. The number of aryl methyl sites for hydroxylation is 2. The van der Waals surface area contributed by atoms with Gasteiger partial charge in [0.15, 0.2) is 11.5 Å². The van der Waals surface area contributed by atoms with Gasteiger partial charge in [0.25, 0.3) is 11.1 Å². The molecule has 1 aliphatic rings. The van der Waals surface area contributed by atoms with Crippen molar-refractivity contribution < 1.29 is 28.2 Å². The highest BCUT2D eigenvalue weighted by atomic mass is 32.2. The van der Waals surface area contributed by atoms with E-state index in [-0.39, 0.29) is 23.9 Å². The van der Waals surface area contributed by atoms with Crippen molar-refractivity contribution in [3.05, 3.63) is 93.6 Å². The van der Waals surface area contributed by atoms with Crippen molar-refractivity contribution in [3.63, 3.8) is 0 Å². The number of carbonyl (C=O) groups is 3. The smallest absolute Gasteiger partial charge is 0.294 e. The fraction of sp³-hybridized carbons (Fsp3) is 0.179. The number of methoxy groups -OCH3 is 1. The van der Waals surface area contributed by atoms with Crippen LogP contribution in [0, 0.1) is 19.7 Å². The summed E-state index contributed by atoms with van der Waals surface area (Å²) in [6, 6.07) is 16.7. The van der Waals surface area contributed by atoms with E-state index in [0.717, 1.165) is 33.4 Å². The zero-order chi connectivity index (χ0) is 26.5. The van der Waals surface area contributed by atoms with E-state index in [2.05, 4.69) is 5.32 Å². The minimum atomic E-state index is -0.540. The SMILES string of the molecule is COc1cc(/C=C2\SC(=O)N(CC(=O)Nc3cc(C)ccc3C)C2=O)ccc1OCc1ccc(F)cc1. The summed E-state index contributed by atoms with van der Waals surface area (Å²) in [5.74, 6) is -0.413. The molecule has 3 aromatic rings. The number of halogens is 1. The first-order chi connectivity index (χ1) is 17.7. The first kappa shape index (κ1) is 26.0. The number of imide groups is 1. The standard InChI is InChI=1S/C28H25FN2O5S/c1-17-4-5-18(2)22(12-17)30-26(32)15-31-27(33)25(37-28(31)34)14-20-8-11-23(24(13-20)35-3)36-16-19-6-9-21(29)10-7-19/h4-14H,15-16H2,1-3H3,(H,30,32)/b25-14-. The Labute approximate surface area is 218 Å². The third kappa shape index (κ3) is 6.37. The number of thioether (sulfide) groups is 1. The van der Waals surface area contributed by atoms with Gasteiger partial charge in [0, 0.05) is 5.69 Å². The Morgan fingerprint density at radius 3 is 2.51 bits per heavy atom. The maximum absolute atomic E-state index is 13.1. The molecule has 1 aliphatic heterocycles. The van der Waals surface area contributed by atoms with Crippen molar-refractivity contribution in [2.24, 2.45) is 0 Å². The van der Waals surface area contributed by atoms with E-state index in [1.165, 1.54) is 19.2 Å². The molecule has 1 fully saturated rings. The lowest BCUT2D eigenvalue weighted by atomic mass is 10.1. The van der Waals surface area contributed by atoms with Gasteiger partial charge in [-0.25, -0.2) is 4.39 Å². The lowest BCUT2D eigenvalue weighted by Crippen LogP contribution is -2.36. The lowest BCUT2D eigenvalue weighted by Gasteiger charge is -2.14. The predicted octanol–water partition coefficient (Wildman–Crippen LogP) is 5.71. The van der Waals surface area contributed by atoms with E-state index in [1.54, 1.807) is 36.4 Å². The van der Waals surface area contributed by atoms with Crippen LogP contribution in [0.5, 0.6) is 11.5 Å². The molecule has 0 spiro atoms. The molecular weight excluding hydrogens is 495 g/mol. The van der Waals surface area contributed by atoms with Crippen molar-refractivity contribution in [1.29, 1.82) is 0 Å². The maximum atomic E-state index is 13.1. The normalized spacial score (nSPS) is 14.3. The molecule has 0 unspecified atom stereocenters. The molecule has 190 valence electrons. The predicted molar refractivity (Wildman–Crippen MR) is 141 cm³/mol. The largest absolute Gasteiger partial charge is 0.493 e. The third-order valence-corrected chi connectivity index (χ3v) is 6.54. The van der Waals surface area contributed by atoms with Gasteiger partial charge >= 0.3 is 0 Å². The minimum absolute atomic E-state index is 0.201. The lowest BCUT2D eigenvalue weighted by molar-refractivity contribution is -0.127. The Kier molecular flexibility index (Phi) is 7.93. The van der Waals surface area contributed by atoms with Gasteiger partial charge in [-0.3, -0.25) is 19.3 Å². The molecule has 0 aromatic heterocycles. The van der Waals surface area contributed by atoms with Crippen LogP contribution in [0.15, 0.2) is 65.6 Å². The molecule has 0 radical (unpaired) electrons. The van der Waals surface area contributed by atoms with Crippen LogP contribution in [0.3, 0.4) is 0 Å². The number of carbonyl (C=O) groups excluding carboxylic acids is 3. The summed E-state index contributed by atoms with van der Waals surface area (Å²) in [4.78, 5) is 39.1. The maximum Gasteiger partial charge on any atom is 0.294 e. The number of nitrogens with zero attached hydrogens (tertiary/aromatic N) is 1. The monoisotopic (exact) mass is 520 g/mol. The average molecular weight is 521 g/mol. The molecule has 3 amide bonds. The number of benzene rings is 3. The first-order valence-corrected chi connectivity index (χ1v) is 12.2. The Morgan fingerprint density at radius 1 is 1.03 bits per heavy atom. The number of rotatable bonds is 8. The third-order valence-electron chi connectivity index (χ3n) is 5.64. The van der Waals surface area contributed by atoms with Crippen LogP contribution in [0.1, 0.15) is 22.3 Å². The van der Waals surface area contributed by atoms with Crippen molar-refractivity contribution in [2.45, 2.75) is 20.5 Å². The molecule has 37 heavy (non-hydrogen) atoms. The van der Waals surface area contributed by atoms with Crippen molar-refractivity contribution in [1.82, 2.24) is 4.90 Å². The van der Waals surface area contributed by atoms with Gasteiger partial charge in [-0.05, 0) is 84.3 Å². The van der Waals surface area contributed by atoms with E-state index in [9.17, 15) is 18.8 Å². The van der Waals surface area contributed by atoms with Crippen molar-refractivity contribution in [2.75, 3.05) is 19.0 Å². The Morgan fingerprint density at radius 2 is 1.78 bits per heavy atom. The number of hydrogen-bond acceptors (Lipinski definition) is 6. The van der Waals surface area contributed by atoms with E-state index in [4.69, 9.17) is 9.47 Å². The van der Waals surface area contributed by atoms with Gasteiger partial charge in [-0.1, -0.05) is 30.3 Å². The molecule has 3 aromatic carbocycles. The summed E-state index contributed by atoms with van der Waals surface area (Å²) in [6.45, 7) is 3.62. The Bertz CT molecular complexity index is 1390. The van der Waals surface area contributed by atoms with Crippen molar-refractivity contribution >= 4 is 40.6 Å².